The van der Waals surface area contributed by atoms with E-state index in [2.05, 4.69) is 51.2 Å². The van der Waals surface area contributed by atoms with Gasteiger partial charge in [-0.15, -0.1) is 0 Å². The van der Waals surface area contributed by atoms with Gasteiger partial charge in [0.2, 0.25) is 0 Å². The minimum absolute atomic E-state index is 0.209. The standard InChI is InChI=1S/C14H27N3/c1-6-12(9-15-14(3,4)5)8-13-10-16-17(7-2)11-13/h10-12,15H,6-9H2,1-5H3. The topological polar surface area (TPSA) is 29.9 Å². The lowest BCUT2D eigenvalue weighted by atomic mass is 9.97. The molecule has 0 radical (unpaired) electrons. The van der Waals surface area contributed by atoms with E-state index in [0.29, 0.717) is 5.92 Å². The fourth-order valence-corrected chi connectivity index (χ4v) is 1.83. The molecule has 1 atom stereocenters. The third kappa shape index (κ3) is 5.35. The van der Waals surface area contributed by atoms with Gasteiger partial charge in [0, 0.05) is 18.3 Å². The Morgan fingerprint density at radius 3 is 2.53 bits per heavy atom. The van der Waals surface area contributed by atoms with E-state index in [9.17, 15) is 0 Å². The molecule has 98 valence electrons. The highest BCUT2D eigenvalue weighted by atomic mass is 15.3. The van der Waals surface area contributed by atoms with Crippen LogP contribution in [0.4, 0.5) is 0 Å². The Morgan fingerprint density at radius 1 is 1.35 bits per heavy atom. The molecule has 0 spiro atoms. The van der Waals surface area contributed by atoms with Crippen molar-refractivity contribution in [3.8, 4) is 0 Å². The Morgan fingerprint density at radius 2 is 2.06 bits per heavy atom. The van der Waals surface area contributed by atoms with Gasteiger partial charge >= 0.3 is 0 Å². The SMILES string of the molecule is CCC(CNC(C)(C)C)Cc1cnn(CC)c1. The van der Waals surface area contributed by atoms with E-state index >= 15 is 0 Å². The van der Waals surface area contributed by atoms with Crippen LogP contribution >= 0.6 is 0 Å². The predicted molar refractivity (Wildman–Crippen MR) is 73.1 cm³/mol. The van der Waals surface area contributed by atoms with Crippen molar-refractivity contribution in [1.82, 2.24) is 15.1 Å². The smallest absolute Gasteiger partial charge is 0.0521 e. The predicted octanol–water partition coefficient (Wildman–Crippen LogP) is 2.86. The fraction of sp³-hybridized carbons (Fsp3) is 0.786. The van der Waals surface area contributed by atoms with E-state index in [0.717, 1.165) is 19.5 Å². The minimum Gasteiger partial charge on any atom is -0.312 e. The quantitative estimate of drug-likeness (QED) is 0.824. The summed E-state index contributed by atoms with van der Waals surface area (Å²) in [6.45, 7) is 13.1. The van der Waals surface area contributed by atoms with Gasteiger partial charge in [0.05, 0.1) is 6.20 Å². The number of aromatic nitrogens is 2. The summed E-state index contributed by atoms with van der Waals surface area (Å²) in [4.78, 5) is 0. The lowest BCUT2D eigenvalue weighted by Gasteiger charge is -2.24. The van der Waals surface area contributed by atoms with Gasteiger partial charge in [-0.3, -0.25) is 4.68 Å². The van der Waals surface area contributed by atoms with E-state index in [4.69, 9.17) is 0 Å². The van der Waals surface area contributed by atoms with Crippen LogP contribution in [0.5, 0.6) is 0 Å². The Balaban J connectivity index is 2.46. The third-order valence-corrected chi connectivity index (χ3v) is 3.03. The summed E-state index contributed by atoms with van der Waals surface area (Å²) in [5, 5.41) is 7.91. The lowest BCUT2D eigenvalue weighted by Crippen LogP contribution is -2.39. The van der Waals surface area contributed by atoms with Gasteiger partial charge in [-0.2, -0.15) is 5.10 Å². The van der Waals surface area contributed by atoms with Crippen LogP contribution < -0.4 is 5.32 Å². The molecule has 1 rings (SSSR count). The van der Waals surface area contributed by atoms with Crippen LogP contribution in [0, 0.1) is 5.92 Å². The molecule has 0 saturated carbocycles. The van der Waals surface area contributed by atoms with Crippen molar-refractivity contribution >= 4 is 0 Å². The molecule has 0 aliphatic heterocycles. The molecule has 1 aromatic rings. The molecule has 0 aliphatic carbocycles. The van der Waals surface area contributed by atoms with E-state index in [1.165, 1.54) is 12.0 Å². The van der Waals surface area contributed by atoms with Crippen molar-refractivity contribution in [2.24, 2.45) is 5.92 Å². The van der Waals surface area contributed by atoms with Crippen molar-refractivity contribution in [3.05, 3.63) is 18.0 Å². The number of hydrogen-bond donors (Lipinski definition) is 1. The van der Waals surface area contributed by atoms with E-state index in [1.54, 1.807) is 0 Å². The number of rotatable bonds is 6. The summed E-state index contributed by atoms with van der Waals surface area (Å²) in [7, 11) is 0. The summed E-state index contributed by atoms with van der Waals surface area (Å²) in [5.41, 5.74) is 1.57. The van der Waals surface area contributed by atoms with Gasteiger partial charge in [-0.05, 0) is 52.1 Å². The highest BCUT2D eigenvalue weighted by Gasteiger charge is 2.14. The Labute approximate surface area is 106 Å². The molecule has 3 nitrogen and oxygen atoms in total. The molecule has 0 saturated heterocycles. The van der Waals surface area contributed by atoms with E-state index < -0.39 is 0 Å². The fourth-order valence-electron chi connectivity index (χ4n) is 1.83. The molecule has 1 heterocycles. The van der Waals surface area contributed by atoms with Crippen LogP contribution in [0.1, 0.15) is 46.6 Å². The molecule has 0 aromatic carbocycles. The summed E-state index contributed by atoms with van der Waals surface area (Å²) in [6.07, 6.45) is 6.50. The Hall–Kier alpha value is -0.830. The van der Waals surface area contributed by atoms with Crippen LogP contribution in [-0.2, 0) is 13.0 Å². The monoisotopic (exact) mass is 237 g/mol. The first-order chi connectivity index (χ1) is 7.94. The maximum Gasteiger partial charge on any atom is 0.0521 e. The molecule has 1 unspecified atom stereocenters. The molecule has 0 aliphatic rings. The molecule has 1 N–H and O–H groups in total. The van der Waals surface area contributed by atoms with Gasteiger partial charge in [-0.25, -0.2) is 0 Å². The summed E-state index contributed by atoms with van der Waals surface area (Å²) < 4.78 is 2.00. The Kier molecular flexibility index (Phi) is 5.19. The van der Waals surface area contributed by atoms with E-state index in [1.807, 2.05) is 10.9 Å². The summed E-state index contributed by atoms with van der Waals surface area (Å²) >= 11 is 0. The van der Waals surface area contributed by atoms with Gasteiger partial charge in [0.15, 0.2) is 0 Å². The largest absolute Gasteiger partial charge is 0.312 e. The average Bonchev–Trinajstić information content (AvgIpc) is 2.70. The van der Waals surface area contributed by atoms with Crippen molar-refractivity contribution < 1.29 is 0 Å². The first-order valence-electron chi connectivity index (χ1n) is 6.71. The normalized spacial score (nSPS) is 13.9. The van der Waals surface area contributed by atoms with E-state index in [-0.39, 0.29) is 5.54 Å². The molecular weight excluding hydrogens is 210 g/mol. The highest BCUT2D eigenvalue weighted by Crippen LogP contribution is 2.12. The number of hydrogen-bond acceptors (Lipinski definition) is 2. The summed E-state index contributed by atoms with van der Waals surface area (Å²) in [6, 6.07) is 0. The molecule has 1 aromatic heterocycles. The first-order valence-corrected chi connectivity index (χ1v) is 6.71. The van der Waals surface area contributed by atoms with Crippen LogP contribution in [0.25, 0.3) is 0 Å². The molecule has 0 fully saturated rings. The maximum atomic E-state index is 4.33. The average molecular weight is 237 g/mol. The maximum absolute atomic E-state index is 4.33. The lowest BCUT2D eigenvalue weighted by molar-refractivity contribution is 0.363. The Bertz CT molecular complexity index is 322. The zero-order valence-electron chi connectivity index (χ0n) is 12.0. The zero-order valence-corrected chi connectivity index (χ0v) is 12.0. The van der Waals surface area contributed by atoms with Crippen molar-refractivity contribution in [2.45, 2.75) is 59.5 Å². The van der Waals surface area contributed by atoms with Crippen molar-refractivity contribution in [2.75, 3.05) is 6.54 Å². The molecule has 17 heavy (non-hydrogen) atoms. The highest BCUT2D eigenvalue weighted by molar-refractivity contribution is 5.05. The van der Waals surface area contributed by atoms with Gasteiger partial charge in [0.1, 0.15) is 0 Å². The second kappa shape index (κ2) is 6.20. The van der Waals surface area contributed by atoms with Crippen molar-refractivity contribution in [3.63, 3.8) is 0 Å². The number of nitrogens with zero attached hydrogens (tertiary/aromatic N) is 2. The zero-order chi connectivity index (χ0) is 12.9. The first kappa shape index (κ1) is 14.2. The second-order valence-corrected chi connectivity index (χ2v) is 5.81. The molecule has 3 heteroatoms. The van der Waals surface area contributed by atoms with Gasteiger partial charge in [-0.1, -0.05) is 13.3 Å². The van der Waals surface area contributed by atoms with Gasteiger partial charge < -0.3 is 5.32 Å². The summed E-state index contributed by atoms with van der Waals surface area (Å²) in [5.74, 6) is 0.698. The van der Waals surface area contributed by atoms with Crippen LogP contribution in [0.2, 0.25) is 0 Å². The number of aryl methyl sites for hydroxylation is 1. The van der Waals surface area contributed by atoms with Crippen molar-refractivity contribution in [1.29, 1.82) is 0 Å². The molecule has 0 amide bonds. The molecule has 0 bridgehead atoms. The molecular formula is C14H27N3. The second-order valence-electron chi connectivity index (χ2n) is 5.81. The third-order valence-electron chi connectivity index (χ3n) is 3.03. The van der Waals surface area contributed by atoms with Crippen LogP contribution in [0.3, 0.4) is 0 Å². The van der Waals surface area contributed by atoms with Crippen LogP contribution in [-0.4, -0.2) is 21.9 Å². The minimum atomic E-state index is 0.209. The van der Waals surface area contributed by atoms with Crippen LogP contribution in [0.15, 0.2) is 12.4 Å². The van der Waals surface area contributed by atoms with Gasteiger partial charge in [0.25, 0.3) is 0 Å². The number of nitrogens with one attached hydrogen (secondary N) is 1.